The number of piperidine rings is 1. The Balaban J connectivity index is 2.36. The summed E-state index contributed by atoms with van der Waals surface area (Å²) < 4.78 is 0. The predicted octanol–water partition coefficient (Wildman–Crippen LogP) is -0.349. The van der Waals surface area contributed by atoms with Crippen molar-refractivity contribution in [2.24, 2.45) is 5.73 Å². The molecule has 0 amide bonds. The third-order valence-corrected chi connectivity index (χ3v) is 3.24. The molecule has 1 unspecified atom stereocenters. The number of aliphatic hydroxyl groups is 1. The SMILES string of the molecule is NCC(SC=O)N1CCC(O)CC1. The van der Waals surface area contributed by atoms with Crippen LogP contribution in [0.15, 0.2) is 0 Å². The van der Waals surface area contributed by atoms with Crippen LogP contribution < -0.4 is 5.73 Å². The molecule has 0 aromatic carbocycles. The van der Waals surface area contributed by atoms with Gasteiger partial charge in [-0.15, -0.1) is 0 Å². The first-order valence-electron chi connectivity index (χ1n) is 4.49. The molecule has 1 rings (SSSR count). The molecule has 0 bridgehead atoms. The Hall–Kier alpha value is -0.100. The number of carbonyl (C=O) groups is 1. The number of rotatable bonds is 4. The Morgan fingerprint density at radius 2 is 2.23 bits per heavy atom. The van der Waals surface area contributed by atoms with E-state index in [1.165, 1.54) is 11.8 Å². The standard InChI is InChI=1S/C8H16N2O2S/c9-5-8(13-6-11)10-3-1-7(12)2-4-10/h6-8,12H,1-5,9H2. The highest BCUT2D eigenvalue weighted by Crippen LogP contribution is 2.18. The Kier molecular flexibility index (Phi) is 4.72. The number of nitrogens with two attached hydrogens (primary N) is 1. The van der Waals surface area contributed by atoms with Crippen molar-refractivity contribution < 1.29 is 9.90 Å². The lowest BCUT2D eigenvalue weighted by atomic mass is 10.1. The fraction of sp³-hybridized carbons (Fsp3) is 0.875. The van der Waals surface area contributed by atoms with E-state index in [0.717, 1.165) is 31.5 Å². The van der Waals surface area contributed by atoms with Crippen molar-refractivity contribution in [1.29, 1.82) is 0 Å². The first-order chi connectivity index (χ1) is 6.27. The van der Waals surface area contributed by atoms with Crippen LogP contribution in [0.2, 0.25) is 0 Å². The van der Waals surface area contributed by atoms with Crippen LogP contribution in [0.4, 0.5) is 0 Å². The van der Waals surface area contributed by atoms with E-state index in [-0.39, 0.29) is 11.5 Å². The minimum atomic E-state index is -0.170. The maximum Gasteiger partial charge on any atom is 0.177 e. The molecule has 1 saturated heterocycles. The van der Waals surface area contributed by atoms with Crippen LogP contribution in [-0.4, -0.2) is 46.7 Å². The van der Waals surface area contributed by atoms with Crippen molar-refractivity contribution >= 4 is 17.4 Å². The molecule has 5 heteroatoms. The zero-order chi connectivity index (χ0) is 9.68. The van der Waals surface area contributed by atoms with Crippen molar-refractivity contribution in [1.82, 2.24) is 4.90 Å². The average molecular weight is 204 g/mol. The molecule has 0 radical (unpaired) electrons. The Bertz CT molecular complexity index is 160. The van der Waals surface area contributed by atoms with Gasteiger partial charge in [-0.25, -0.2) is 0 Å². The van der Waals surface area contributed by atoms with Gasteiger partial charge in [-0.2, -0.15) is 0 Å². The van der Waals surface area contributed by atoms with Crippen molar-refractivity contribution in [3.63, 3.8) is 0 Å². The molecule has 1 fully saturated rings. The molecule has 0 aromatic rings. The van der Waals surface area contributed by atoms with Gasteiger partial charge in [0.15, 0.2) is 5.62 Å². The first kappa shape index (κ1) is 11.0. The average Bonchev–Trinajstić information content (AvgIpc) is 2.16. The minimum Gasteiger partial charge on any atom is -0.393 e. The van der Waals surface area contributed by atoms with Crippen LogP contribution >= 0.6 is 11.8 Å². The van der Waals surface area contributed by atoms with Crippen LogP contribution in [0.1, 0.15) is 12.8 Å². The summed E-state index contributed by atoms with van der Waals surface area (Å²) in [6.45, 7) is 2.16. The first-order valence-corrected chi connectivity index (χ1v) is 5.43. The molecule has 1 aliphatic rings. The third-order valence-electron chi connectivity index (χ3n) is 2.32. The van der Waals surface area contributed by atoms with Gasteiger partial charge in [-0.1, -0.05) is 11.8 Å². The predicted molar refractivity (Wildman–Crippen MR) is 54.0 cm³/mol. The smallest absolute Gasteiger partial charge is 0.177 e. The lowest BCUT2D eigenvalue weighted by molar-refractivity contribution is 0.0789. The number of carbonyl (C=O) groups excluding carboxylic acids is 1. The highest BCUT2D eigenvalue weighted by Gasteiger charge is 2.23. The van der Waals surface area contributed by atoms with Gasteiger partial charge >= 0.3 is 0 Å². The molecule has 4 nitrogen and oxygen atoms in total. The van der Waals surface area contributed by atoms with Gasteiger partial charge in [0.25, 0.3) is 0 Å². The summed E-state index contributed by atoms with van der Waals surface area (Å²) in [6.07, 6.45) is 1.40. The number of likely N-dealkylation sites (tertiary alicyclic amines) is 1. The summed E-state index contributed by atoms with van der Waals surface area (Å²) in [5, 5.41) is 9.37. The Morgan fingerprint density at radius 3 is 2.69 bits per heavy atom. The molecule has 0 saturated carbocycles. The maximum absolute atomic E-state index is 10.3. The minimum absolute atomic E-state index is 0.0880. The molecular formula is C8H16N2O2S. The Labute approximate surface area is 82.5 Å². The van der Waals surface area contributed by atoms with E-state index < -0.39 is 0 Å². The van der Waals surface area contributed by atoms with E-state index in [1.807, 2.05) is 0 Å². The van der Waals surface area contributed by atoms with Crippen LogP contribution in [0, 0.1) is 0 Å². The molecule has 1 aliphatic heterocycles. The van der Waals surface area contributed by atoms with E-state index in [9.17, 15) is 9.90 Å². The van der Waals surface area contributed by atoms with Crippen LogP contribution in [0.5, 0.6) is 0 Å². The van der Waals surface area contributed by atoms with E-state index >= 15 is 0 Å². The lowest BCUT2D eigenvalue weighted by Gasteiger charge is -2.34. The topological polar surface area (TPSA) is 66.6 Å². The number of nitrogens with zero attached hydrogens (tertiary/aromatic N) is 1. The van der Waals surface area contributed by atoms with Crippen molar-refractivity contribution in [2.75, 3.05) is 19.6 Å². The van der Waals surface area contributed by atoms with Crippen molar-refractivity contribution in [2.45, 2.75) is 24.3 Å². The zero-order valence-electron chi connectivity index (χ0n) is 7.56. The second kappa shape index (κ2) is 5.59. The third kappa shape index (κ3) is 3.27. The quantitative estimate of drug-likeness (QED) is 0.613. The van der Waals surface area contributed by atoms with E-state index in [0.29, 0.717) is 6.54 Å². The summed E-state index contributed by atoms with van der Waals surface area (Å²) in [5.41, 5.74) is 6.38. The summed E-state index contributed by atoms with van der Waals surface area (Å²) >= 11 is 1.22. The van der Waals surface area contributed by atoms with Crippen molar-refractivity contribution in [3.8, 4) is 0 Å². The van der Waals surface area contributed by atoms with E-state index in [1.54, 1.807) is 0 Å². The summed E-state index contributed by atoms with van der Waals surface area (Å²) in [6, 6.07) is 0. The fourth-order valence-corrected chi connectivity index (χ4v) is 2.15. The van der Waals surface area contributed by atoms with Gasteiger partial charge in [0.05, 0.1) is 11.5 Å². The molecule has 1 heterocycles. The van der Waals surface area contributed by atoms with Gasteiger partial charge in [0, 0.05) is 19.6 Å². The largest absolute Gasteiger partial charge is 0.393 e. The van der Waals surface area contributed by atoms with Crippen LogP contribution in [0.25, 0.3) is 0 Å². The molecule has 0 aliphatic carbocycles. The number of thioether (sulfide) groups is 1. The maximum atomic E-state index is 10.3. The van der Waals surface area contributed by atoms with Gasteiger partial charge in [0.2, 0.25) is 0 Å². The molecule has 0 spiro atoms. The van der Waals surface area contributed by atoms with Gasteiger partial charge in [0.1, 0.15) is 0 Å². The van der Waals surface area contributed by atoms with Crippen molar-refractivity contribution in [3.05, 3.63) is 0 Å². The summed E-state index contributed by atoms with van der Waals surface area (Å²) in [5.74, 6) is 0. The van der Waals surface area contributed by atoms with Gasteiger partial charge in [-0.05, 0) is 12.8 Å². The molecule has 13 heavy (non-hydrogen) atoms. The summed E-state index contributed by atoms with van der Waals surface area (Å²) in [4.78, 5) is 12.5. The molecular weight excluding hydrogens is 188 g/mol. The second-order valence-corrected chi connectivity index (χ2v) is 4.20. The van der Waals surface area contributed by atoms with Crippen LogP contribution in [-0.2, 0) is 4.79 Å². The van der Waals surface area contributed by atoms with E-state index in [4.69, 9.17) is 5.73 Å². The zero-order valence-corrected chi connectivity index (χ0v) is 8.37. The normalized spacial score (nSPS) is 22.9. The van der Waals surface area contributed by atoms with Crippen LogP contribution in [0.3, 0.4) is 0 Å². The summed E-state index contributed by atoms with van der Waals surface area (Å²) in [7, 11) is 0. The molecule has 3 N–H and O–H groups in total. The molecule has 76 valence electrons. The number of aliphatic hydroxyl groups excluding tert-OH is 1. The van der Waals surface area contributed by atoms with E-state index in [2.05, 4.69) is 4.90 Å². The highest BCUT2D eigenvalue weighted by molar-refractivity contribution is 8.12. The lowest BCUT2D eigenvalue weighted by Crippen LogP contribution is -2.44. The van der Waals surface area contributed by atoms with Gasteiger partial charge in [-0.3, -0.25) is 9.69 Å². The molecule has 0 aromatic heterocycles. The monoisotopic (exact) mass is 204 g/mol. The number of hydrogen-bond acceptors (Lipinski definition) is 5. The Morgan fingerprint density at radius 1 is 1.62 bits per heavy atom. The van der Waals surface area contributed by atoms with Gasteiger partial charge < -0.3 is 10.8 Å². The fourth-order valence-electron chi connectivity index (χ4n) is 1.53. The second-order valence-electron chi connectivity index (χ2n) is 3.19. The highest BCUT2D eigenvalue weighted by atomic mass is 32.2. The molecule has 1 atom stereocenters. The number of hydrogen-bond donors (Lipinski definition) is 2.